The number of carbonyl (C=O) groups excluding carboxylic acids is 1. The zero-order valence-electron chi connectivity index (χ0n) is 10.0. The summed E-state index contributed by atoms with van der Waals surface area (Å²) >= 11 is 1.35. The van der Waals surface area contributed by atoms with Gasteiger partial charge in [-0.1, -0.05) is 0 Å². The maximum absolute atomic E-state index is 11.9. The average Bonchev–Trinajstić information content (AvgIpc) is 2.92. The van der Waals surface area contributed by atoms with Crippen molar-refractivity contribution in [2.75, 3.05) is 0 Å². The Balaban J connectivity index is 2.34. The molecule has 0 saturated carbocycles. The Morgan fingerprint density at radius 3 is 2.45 bits per heavy atom. The monoisotopic (exact) mass is 292 g/mol. The molecule has 102 valence electrons. The summed E-state index contributed by atoms with van der Waals surface area (Å²) in [7, 11) is 0. The number of thiophene rings is 1. The molecule has 2 aromatic rings. The van der Waals surface area contributed by atoms with Crippen LogP contribution in [0.2, 0.25) is 0 Å². The minimum absolute atomic E-state index is 0.162. The van der Waals surface area contributed by atoms with E-state index in [1.165, 1.54) is 17.4 Å². The lowest BCUT2D eigenvalue weighted by atomic mass is 10.0. The fraction of sp³-hybridized carbons (Fsp3) is 0.0833. The van der Waals surface area contributed by atoms with Crippen LogP contribution in [0.25, 0.3) is 0 Å². The van der Waals surface area contributed by atoms with Crippen LogP contribution in [0, 0.1) is 20.2 Å². The van der Waals surface area contributed by atoms with E-state index in [1.54, 1.807) is 16.8 Å². The molecule has 0 aliphatic heterocycles. The van der Waals surface area contributed by atoms with Crippen LogP contribution in [0.3, 0.4) is 0 Å². The van der Waals surface area contributed by atoms with Crippen molar-refractivity contribution < 1.29 is 14.6 Å². The minimum atomic E-state index is -0.719. The summed E-state index contributed by atoms with van der Waals surface area (Å²) in [5.74, 6) is -0.261. The molecule has 0 N–H and O–H groups in total. The van der Waals surface area contributed by atoms with Crippen LogP contribution < -0.4 is 0 Å². The number of hydrogen-bond donors (Lipinski definition) is 0. The van der Waals surface area contributed by atoms with Crippen LogP contribution in [0.15, 0.2) is 35.0 Å². The number of nitro groups is 2. The predicted molar refractivity (Wildman–Crippen MR) is 72.1 cm³/mol. The number of Topliss-reactive ketones (excluding diaryl/α,β-unsaturated/α-hetero) is 1. The third kappa shape index (κ3) is 2.86. The van der Waals surface area contributed by atoms with E-state index in [2.05, 4.69) is 0 Å². The maximum atomic E-state index is 11.9. The fourth-order valence-corrected chi connectivity index (χ4v) is 2.34. The van der Waals surface area contributed by atoms with Gasteiger partial charge in [0.15, 0.2) is 5.78 Å². The van der Waals surface area contributed by atoms with Crippen molar-refractivity contribution in [3.05, 3.63) is 66.4 Å². The lowest BCUT2D eigenvalue weighted by Crippen LogP contribution is -2.05. The van der Waals surface area contributed by atoms with Gasteiger partial charge in [0.05, 0.1) is 15.9 Å². The Labute approximate surface area is 116 Å². The zero-order valence-corrected chi connectivity index (χ0v) is 10.8. The van der Waals surface area contributed by atoms with Gasteiger partial charge >= 0.3 is 0 Å². The van der Waals surface area contributed by atoms with E-state index in [9.17, 15) is 25.0 Å². The summed E-state index contributed by atoms with van der Waals surface area (Å²) < 4.78 is 0. The lowest BCUT2D eigenvalue weighted by Gasteiger charge is -2.02. The van der Waals surface area contributed by atoms with E-state index in [0.29, 0.717) is 5.56 Å². The predicted octanol–water partition coefficient (Wildman–Crippen LogP) is 2.99. The van der Waals surface area contributed by atoms with E-state index < -0.39 is 15.5 Å². The van der Waals surface area contributed by atoms with E-state index in [0.717, 1.165) is 12.1 Å². The highest BCUT2D eigenvalue weighted by atomic mass is 32.1. The summed E-state index contributed by atoms with van der Waals surface area (Å²) in [5.41, 5.74) is -0.148. The molecule has 0 radical (unpaired) electrons. The van der Waals surface area contributed by atoms with E-state index in [1.807, 2.05) is 0 Å². The third-order valence-electron chi connectivity index (χ3n) is 2.67. The highest BCUT2D eigenvalue weighted by molar-refractivity contribution is 7.08. The molecule has 0 saturated heterocycles. The minimum Gasteiger partial charge on any atom is -0.294 e. The quantitative estimate of drug-likeness (QED) is 0.478. The Morgan fingerprint density at radius 2 is 1.90 bits per heavy atom. The summed E-state index contributed by atoms with van der Waals surface area (Å²) in [6.07, 6.45) is -0.162. The highest BCUT2D eigenvalue weighted by Crippen LogP contribution is 2.26. The first kappa shape index (κ1) is 13.8. The SMILES string of the molecule is O=C(Cc1ccc([N+](=O)[O-])cc1[N+](=O)[O-])c1ccsc1. The zero-order chi connectivity index (χ0) is 14.7. The van der Waals surface area contributed by atoms with E-state index >= 15 is 0 Å². The second-order valence-electron chi connectivity index (χ2n) is 3.94. The Hall–Kier alpha value is -2.61. The third-order valence-corrected chi connectivity index (χ3v) is 3.35. The molecule has 0 spiro atoms. The summed E-state index contributed by atoms with van der Waals surface area (Å²) in [4.78, 5) is 32.0. The topological polar surface area (TPSA) is 103 Å². The van der Waals surface area contributed by atoms with Gasteiger partial charge in [0.2, 0.25) is 0 Å². The van der Waals surface area contributed by atoms with Crippen molar-refractivity contribution in [1.82, 2.24) is 0 Å². The van der Waals surface area contributed by atoms with E-state index in [4.69, 9.17) is 0 Å². The number of nitrogens with zero attached hydrogens (tertiary/aromatic N) is 2. The largest absolute Gasteiger partial charge is 0.294 e. The number of hydrogen-bond acceptors (Lipinski definition) is 6. The Kier molecular flexibility index (Phi) is 3.85. The van der Waals surface area contributed by atoms with Gasteiger partial charge in [0.25, 0.3) is 11.4 Å². The van der Waals surface area contributed by atoms with Crippen LogP contribution in [0.1, 0.15) is 15.9 Å². The molecule has 20 heavy (non-hydrogen) atoms. The smallest absolute Gasteiger partial charge is 0.279 e. The lowest BCUT2D eigenvalue weighted by molar-refractivity contribution is -0.394. The molecule has 8 heteroatoms. The van der Waals surface area contributed by atoms with Gasteiger partial charge in [0, 0.05) is 29.0 Å². The van der Waals surface area contributed by atoms with Gasteiger partial charge in [-0.25, -0.2) is 0 Å². The second kappa shape index (κ2) is 5.57. The first-order valence-corrected chi connectivity index (χ1v) is 6.40. The molecule has 0 aliphatic rings. The molecular weight excluding hydrogens is 284 g/mol. The van der Waals surface area contributed by atoms with Gasteiger partial charge in [-0.05, 0) is 17.5 Å². The van der Waals surface area contributed by atoms with Crippen molar-refractivity contribution in [2.45, 2.75) is 6.42 Å². The molecule has 1 aromatic carbocycles. The van der Waals surface area contributed by atoms with Crippen LogP contribution in [-0.4, -0.2) is 15.6 Å². The maximum Gasteiger partial charge on any atom is 0.279 e. The van der Waals surface area contributed by atoms with Crippen LogP contribution in [0.5, 0.6) is 0 Å². The highest BCUT2D eigenvalue weighted by Gasteiger charge is 2.21. The first-order chi connectivity index (χ1) is 9.49. The fourth-order valence-electron chi connectivity index (χ4n) is 1.68. The van der Waals surface area contributed by atoms with Gasteiger partial charge in [-0.15, -0.1) is 0 Å². The van der Waals surface area contributed by atoms with Crippen LogP contribution >= 0.6 is 11.3 Å². The molecule has 1 heterocycles. The molecule has 0 fully saturated rings. The number of nitro benzene ring substituents is 2. The van der Waals surface area contributed by atoms with E-state index in [-0.39, 0.29) is 23.5 Å². The van der Waals surface area contributed by atoms with Crippen LogP contribution in [-0.2, 0) is 6.42 Å². The van der Waals surface area contributed by atoms with Crippen molar-refractivity contribution in [3.8, 4) is 0 Å². The molecule has 0 bridgehead atoms. The molecule has 1 aromatic heterocycles. The molecular formula is C12H8N2O5S. The van der Waals surface area contributed by atoms with Gasteiger partial charge in [-0.3, -0.25) is 25.0 Å². The Bertz CT molecular complexity index is 681. The van der Waals surface area contributed by atoms with Crippen molar-refractivity contribution in [2.24, 2.45) is 0 Å². The number of non-ortho nitro benzene ring substituents is 1. The first-order valence-electron chi connectivity index (χ1n) is 5.46. The van der Waals surface area contributed by atoms with Gasteiger partial charge in [-0.2, -0.15) is 11.3 Å². The van der Waals surface area contributed by atoms with Crippen molar-refractivity contribution in [1.29, 1.82) is 0 Å². The molecule has 0 aliphatic carbocycles. The number of carbonyl (C=O) groups is 1. The molecule has 0 unspecified atom stereocenters. The van der Waals surface area contributed by atoms with Gasteiger partial charge in [0.1, 0.15) is 0 Å². The molecule has 0 amide bonds. The second-order valence-corrected chi connectivity index (χ2v) is 4.72. The average molecular weight is 292 g/mol. The molecule has 2 rings (SSSR count). The Morgan fingerprint density at radius 1 is 1.15 bits per heavy atom. The summed E-state index contributed by atoms with van der Waals surface area (Å²) in [6.45, 7) is 0. The summed E-state index contributed by atoms with van der Waals surface area (Å²) in [6, 6.07) is 4.91. The van der Waals surface area contributed by atoms with Gasteiger partial charge < -0.3 is 0 Å². The standard InChI is InChI=1S/C12H8N2O5S/c15-12(9-3-4-20-7-9)5-8-1-2-10(13(16)17)6-11(8)14(18)19/h1-4,6-7H,5H2. The van der Waals surface area contributed by atoms with Crippen LogP contribution in [0.4, 0.5) is 11.4 Å². The summed E-state index contributed by atoms with van der Waals surface area (Å²) in [5, 5.41) is 24.9. The van der Waals surface area contributed by atoms with Crippen molar-refractivity contribution in [3.63, 3.8) is 0 Å². The molecule has 7 nitrogen and oxygen atoms in total. The number of rotatable bonds is 5. The number of benzene rings is 1. The normalized spacial score (nSPS) is 10.2. The number of ketones is 1. The molecule has 0 atom stereocenters. The van der Waals surface area contributed by atoms with Crippen molar-refractivity contribution >= 4 is 28.5 Å².